The van der Waals surface area contributed by atoms with Crippen molar-refractivity contribution in [2.75, 3.05) is 13.2 Å². The first-order chi connectivity index (χ1) is 6.70. The van der Waals surface area contributed by atoms with Gasteiger partial charge in [-0.25, -0.2) is 0 Å². The summed E-state index contributed by atoms with van der Waals surface area (Å²) in [6.07, 6.45) is 4.03. The van der Waals surface area contributed by atoms with E-state index in [2.05, 4.69) is 17.1 Å². The highest BCUT2D eigenvalue weighted by molar-refractivity contribution is 4.96. The molecule has 3 atom stereocenters. The van der Waals surface area contributed by atoms with E-state index in [1.165, 1.54) is 25.8 Å². The molecule has 0 amide bonds. The Bertz CT molecular complexity index is 194. The second-order valence-corrected chi connectivity index (χ2v) is 4.96. The van der Waals surface area contributed by atoms with Crippen LogP contribution in [0, 0.1) is 0 Å². The third kappa shape index (κ3) is 2.27. The zero-order valence-corrected chi connectivity index (χ0v) is 9.24. The fraction of sp³-hybridized carbons (Fsp3) is 1.00. The molecule has 0 spiro atoms. The smallest absolute Gasteiger partial charge is 0.0582 e. The topological polar surface area (TPSA) is 35.5 Å². The number of likely N-dealkylation sites (tertiary alicyclic amines) is 1. The van der Waals surface area contributed by atoms with E-state index in [-0.39, 0.29) is 12.6 Å². The molecule has 1 heterocycles. The van der Waals surface area contributed by atoms with Crippen LogP contribution in [0.5, 0.6) is 0 Å². The molecule has 3 nitrogen and oxygen atoms in total. The highest BCUT2D eigenvalue weighted by atomic mass is 16.3. The highest BCUT2D eigenvalue weighted by Gasteiger charge is 2.38. The molecule has 0 radical (unpaired) electrons. The summed E-state index contributed by atoms with van der Waals surface area (Å²) >= 11 is 0. The van der Waals surface area contributed by atoms with E-state index in [0.717, 1.165) is 12.1 Å². The maximum Gasteiger partial charge on any atom is 0.0582 e. The van der Waals surface area contributed by atoms with Crippen LogP contribution in [-0.2, 0) is 0 Å². The van der Waals surface area contributed by atoms with E-state index < -0.39 is 0 Å². The first-order valence-corrected chi connectivity index (χ1v) is 5.83. The normalized spacial score (nSPS) is 36.2. The number of hydrogen-bond donors (Lipinski definition) is 2. The zero-order valence-electron chi connectivity index (χ0n) is 9.24. The Labute approximate surface area is 86.5 Å². The van der Waals surface area contributed by atoms with Crippen molar-refractivity contribution in [2.24, 2.45) is 0 Å². The lowest BCUT2D eigenvalue weighted by molar-refractivity contribution is 0.233. The maximum atomic E-state index is 8.97. The van der Waals surface area contributed by atoms with Crippen molar-refractivity contribution >= 4 is 0 Å². The Balaban J connectivity index is 1.80. The lowest BCUT2D eigenvalue weighted by Crippen LogP contribution is -2.40. The first kappa shape index (κ1) is 10.4. The van der Waals surface area contributed by atoms with Gasteiger partial charge in [-0.2, -0.15) is 0 Å². The summed E-state index contributed by atoms with van der Waals surface area (Å²) in [5, 5.41) is 12.5. The van der Waals surface area contributed by atoms with Gasteiger partial charge in [-0.3, -0.25) is 4.90 Å². The van der Waals surface area contributed by atoms with Gasteiger partial charge in [-0.15, -0.1) is 0 Å². The Kier molecular flexibility index (Phi) is 3.10. The van der Waals surface area contributed by atoms with Gasteiger partial charge in [0.05, 0.1) is 6.61 Å². The minimum Gasteiger partial charge on any atom is -0.395 e. The third-order valence-electron chi connectivity index (χ3n) is 3.43. The number of aliphatic hydroxyl groups is 1. The van der Waals surface area contributed by atoms with E-state index in [4.69, 9.17) is 5.11 Å². The average molecular weight is 198 g/mol. The molecule has 2 fully saturated rings. The predicted molar refractivity (Wildman–Crippen MR) is 57.3 cm³/mol. The van der Waals surface area contributed by atoms with E-state index in [0.29, 0.717) is 6.04 Å². The van der Waals surface area contributed by atoms with Crippen LogP contribution in [0.3, 0.4) is 0 Å². The van der Waals surface area contributed by atoms with E-state index in [1.807, 2.05) is 6.92 Å². The van der Waals surface area contributed by atoms with Crippen LogP contribution < -0.4 is 5.32 Å². The number of nitrogens with zero attached hydrogens (tertiary/aromatic N) is 1. The van der Waals surface area contributed by atoms with Crippen LogP contribution in [0.4, 0.5) is 0 Å². The van der Waals surface area contributed by atoms with E-state index in [1.54, 1.807) is 0 Å². The van der Waals surface area contributed by atoms with Gasteiger partial charge in [-0.1, -0.05) is 0 Å². The van der Waals surface area contributed by atoms with Crippen LogP contribution in [0.1, 0.15) is 33.1 Å². The minimum atomic E-state index is 0.242. The van der Waals surface area contributed by atoms with Crippen LogP contribution in [0.2, 0.25) is 0 Å². The summed E-state index contributed by atoms with van der Waals surface area (Å²) < 4.78 is 0. The maximum absolute atomic E-state index is 8.97. The van der Waals surface area contributed by atoms with Crippen molar-refractivity contribution in [1.29, 1.82) is 0 Å². The van der Waals surface area contributed by atoms with Crippen LogP contribution in [0.25, 0.3) is 0 Å². The third-order valence-corrected chi connectivity index (χ3v) is 3.43. The van der Waals surface area contributed by atoms with Gasteiger partial charge in [0.1, 0.15) is 0 Å². The Hall–Kier alpha value is -0.120. The highest BCUT2D eigenvalue weighted by Crippen LogP contribution is 2.33. The number of aliphatic hydroxyl groups excluding tert-OH is 1. The molecule has 0 aromatic rings. The Morgan fingerprint density at radius 1 is 1.50 bits per heavy atom. The van der Waals surface area contributed by atoms with Gasteiger partial charge >= 0.3 is 0 Å². The summed E-state index contributed by atoms with van der Waals surface area (Å²) in [5.74, 6) is 0. The van der Waals surface area contributed by atoms with Crippen LogP contribution in [0.15, 0.2) is 0 Å². The summed E-state index contributed by atoms with van der Waals surface area (Å²) in [7, 11) is 0. The van der Waals surface area contributed by atoms with Gasteiger partial charge in [0.25, 0.3) is 0 Å². The molecule has 2 rings (SSSR count). The Morgan fingerprint density at radius 2 is 2.21 bits per heavy atom. The molecule has 0 aromatic heterocycles. The fourth-order valence-corrected chi connectivity index (χ4v) is 2.55. The molecule has 0 aromatic carbocycles. The molecule has 1 saturated carbocycles. The zero-order chi connectivity index (χ0) is 10.1. The first-order valence-electron chi connectivity index (χ1n) is 5.83. The Morgan fingerprint density at radius 3 is 2.79 bits per heavy atom. The SMILES string of the molecule is CC(CO)NC1CC(C)N(C2CC2)C1. The van der Waals surface area contributed by atoms with E-state index in [9.17, 15) is 0 Å². The van der Waals surface area contributed by atoms with Gasteiger partial charge in [0.15, 0.2) is 0 Å². The second-order valence-electron chi connectivity index (χ2n) is 4.96. The molecule has 3 unspecified atom stereocenters. The molecule has 1 aliphatic heterocycles. The largest absolute Gasteiger partial charge is 0.395 e. The molecular weight excluding hydrogens is 176 g/mol. The average Bonchev–Trinajstić information content (AvgIpc) is 2.92. The fourth-order valence-electron chi connectivity index (χ4n) is 2.55. The van der Waals surface area contributed by atoms with Crippen LogP contribution >= 0.6 is 0 Å². The molecule has 82 valence electrons. The standard InChI is InChI=1S/C11H22N2O/c1-8(7-14)12-10-5-9(2)13(6-10)11-3-4-11/h8-12,14H,3-7H2,1-2H3. The molecule has 1 aliphatic carbocycles. The lowest BCUT2D eigenvalue weighted by atomic mass is 10.2. The van der Waals surface area contributed by atoms with Gasteiger partial charge in [0, 0.05) is 30.7 Å². The van der Waals surface area contributed by atoms with Gasteiger partial charge < -0.3 is 10.4 Å². The molecule has 2 aliphatic rings. The summed E-state index contributed by atoms with van der Waals surface area (Å²) in [4.78, 5) is 2.63. The van der Waals surface area contributed by atoms with Crippen LogP contribution in [-0.4, -0.2) is 47.3 Å². The van der Waals surface area contributed by atoms with Gasteiger partial charge in [0.2, 0.25) is 0 Å². The summed E-state index contributed by atoms with van der Waals surface area (Å²) in [5.41, 5.74) is 0. The number of rotatable bonds is 4. The minimum absolute atomic E-state index is 0.242. The van der Waals surface area contributed by atoms with Crippen molar-refractivity contribution in [1.82, 2.24) is 10.2 Å². The van der Waals surface area contributed by atoms with Crippen molar-refractivity contribution in [2.45, 2.75) is 57.3 Å². The predicted octanol–water partition coefficient (Wildman–Crippen LogP) is 0.582. The second kappa shape index (κ2) is 4.17. The van der Waals surface area contributed by atoms with Gasteiger partial charge in [-0.05, 0) is 33.1 Å². The molecule has 3 heteroatoms. The summed E-state index contributed by atoms with van der Waals surface area (Å²) in [6.45, 7) is 5.79. The van der Waals surface area contributed by atoms with Crippen molar-refractivity contribution in [3.8, 4) is 0 Å². The monoisotopic (exact) mass is 198 g/mol. The molecule has 0 bridgehead atoms. The number of hydrogen-bond acceptors (Lipinski definition) is 3. The number of nitrogens with one attached hydrogen (secondary N) is 1. The quantitative estimate of drug-likeness (QED) is 0.694. The van der Waals surface area contributed by atoms with Crippen molar-refractivity contribution in [3.63, 3.8) is 0 Å². The van der Waals surface area contributed by atoms with Crippen molar-refractivity contribution in [3.05, 3.63) is 0 Å². The lowest BCUT2D eigenvalue weighted by Gasteiger charge is -2.20. The molecule has 14 heavy (non-hydrogen) atoms. The van der Waals surface area contributed by atoms with E-state index >= 15 is 0 Å². The summed E-state index contributed by atoms with van der Waals surface area (Å²) in [6, 6.07) is 2.44. The molecule has 1 saturated heterocycles. The molecular formula is C11H22N2O. The van der Waals surface area contributed by atoms with Crippen molar-refractivity contribution < 1.29 is 5.11 Å². The molecule has 2 N–H and O–H groups in total.